The zero-order valence-electron chi connectivity index (χ0n) is 19.7. The van der Waals surface area contributed by atoms with Gasteiger partial charge in [-0.15, -0.1) is 0 Å². The van der Waals surface area contributed by atoms with Crippen LogP contribution in [0.25, 0.3) is 0 Å². The molecular weight excluding hydrogens is 414 g/mol. The molecule has 1 heterocycles. The van der Waals surface area contributed by atoms with E-state index < -0.39 is 49.5 Å². The summed E-state index contributed by atoms with van der Waals surface area (Å²) in [4.78, 5) is 0. The minimum absolute atomic E-state index is 0.118. The van der Waals surface area contributed by atoms with E-state index in [-0.39, 0.29) is 6.61 Å². The minimum Gasteiger partial charge on any atom is -0.394 e. The van der Waals surface area contributed by atoms with Crippen LogP contribution < -0.4 is 5.73 Å². The summed E-state index contributed by atoms with van der Waals surface area (Å²) in [6.45, 7) is 1.60. The van der Waals surface area contributed by atoms with Crippen molar-refractivity contribution in [2.24, 2.45) is 5.73 Å². The second-order valence-corrected chi connectivity index (χ2v) is 8.94. The summed E-state index contributed by atoms with van der Waals surface area (Å²) in [6, 6.07) is -0.740. The topological polar surface area (TPSA) is 146 Å². The number of ether oxygens (including phenoxy) is 2. The highest BCUT2D eigenvalue weighted by Crippen LogP contribution is 2.22. The number of aliphatic hydroxyl groups excluding tert-OH is 5. The van der Waals surface area contributed by atoms with Crippen LogP contribution >= 0.6 is 0 Å². The highest BCUT2D eigenvalue weighted by Gasteiger charge is 2.44. The number of rotatable bonds is 18. The standard InChI is InChI=1S/C24H47NO7/c1-2-3-4-5-6-7-8-9-10-11-12-13-14-15-19(27)18(25)17-31-24-23(30)22(29)21(28)20(16-26)32-24/h14-15,18-24,26-30H,2-13,16-17,25H2,1H3/b15-14+/t18?,19-,20?,21-,22+,23?,24-/m1/s1. The lowest BCUT2D eigenvalue weighted by Gasteiger charge is -2.39. The molecule has 1 aliphatic rings. The highest BCUT2D eigenvalue weighted by atomic mass is 16.7. The van der Waals surface area contributed by atoms with Crippen LogP contribution in [0.2, 0.25) is 0 Å². The van der Waals surface area contributed by atoms with Gasteiger partial charge in [0.25, 0.3) is 0 Å². The fraction of sp³-hybridized carbons (Fsp3) is 0.917. The average molecular weight is 462 g/mol. The maximum absolute atomic E-state index is 10.2. The Kier molecular flexibility index (Phi) is 16.4. The monoisotopic (exact) mass is 461 g/mol. The van der Waals surface area contributed by atoms with Gasteiger partial charge < -0.3 is 40.7 Å². The van der Waals surface area contributed by atoms with Crippen molar-refractivity contribution in [3.8, 4) is 0 Å². The third-order valence-electron chi connectivity index (χ3n) is 6.05. The van der Waals surface area contributed by atoms with Gasteiger partial charge in [0.15, 0.2) is 6.29 Å². The molecule has 1 fully saturated rings. The van der Waals surface area contributed by atoms with Crippen molar-refractivity contribution < 1.29 is 35.0 Å². The summed E-state index contributed by atoms with van der Waals surface area (Å²) in [5.74, 6) is 0. The van der Waals surface area contributed by atoms with Gasteiger partial charge in [0.2, 0.25) is 0 Å². The van der Waals surface area contributed by atoms with E-state index in [1.165, 1.54) is 64.2 Å². The van der Waals surface area contributed by atoms with E-state index in [4.69, 9.17) is 15.2 Å². The molecule has 8 heteroatoms. The van der Waals surface area contributed by atoms with Gasteiger partial charge in [-0.2, -0.15) is 0 Å². The molecule has 32 heavy (non-hydrogen) atoms. The molecule has 0 aromatic rings. The minimum atomic E-state index is -1.50. The van der Waals surface area contributed by atoms with E-state index in [0.29, 0.717) is 0 Å². The molecular formula is C24H47NO7. The van der Waals surface area contributed by atoms with Gasteiger partial charge in [-0.05, 0) is 12.8 Å². The first-order valence-electron chi connectivity index (χ1n) is 12.4. The maximum atomic E-state index is 10.2. The lowest BCUT2D eigenvalue weighted by atomic mass is 9.99. The van der Waals surface area contributed by atoms with Gasteiger partial charge in [-0.3, -0.25) is 0 Å². The van der Waals surface area contributed by atoms with E-state index in [9.17, 15) is 25.5 Å². The summed E-state index contributed by atoms with van der Waals surface area (Å²) >= 11 is 0. The number of aliphatic hydroxyl groups is 5. The molecule has 0 spiro atoms. The summed E-state index contributed by atoms with van der Waals surface area (Å²) in [7, 11) is 0. The Labute approximate surface area is 193 Å². The van der Waals surface area contributed by atoms with Crippen LogP contribution in [-0.4, -0.2) is 81.6 Å². The van der Waals surface area contributed by atoms with Gasteiger partial charge in [0.05, 0.1) is 25.4 Å². The Balaban J connectivity index is 2.10. The highest BCUT2D eigenvalue weighted by molar-refractivity contribution is 4.94. The molecule has 1 aliphatic heterocycles. The van der Waals surface area contributed by atoms with Gasteiger partial charge in [-0.1, -0.05) is 83.3 Å². The number of unbranched alkanes of at least 4 members (excludes halogenated alkanes) is 11. The first-order valence-corrected chi connectivity index (χ1v) is 12.4. The van der Waals surface area contributed by atoms with Crippen molar-refractivity contribution in [3.05, 3.63) is 12.2 Å². The first-order chi connectivity index (χ1) is 15.4. The number of hydrogen-bond acceptors (Lipinski definition) is 8. The summed E-state index contributed by atoms with van der Waals surface area (Å²) in [6.07, 6.45) is 11.1. The number of hydrogen-bond donors (Lipinski definition) is 6. The first kappa shape index (κ1) is 29.5. The Morgan fingerprint density at radius 1 is 0.875 bits per heavy atom. The fourth-order valence-corrected chi connectivity index (χ4v) is 3.81. The largest absolute Gasteiger partial charge is 0.394 e. The van der Waals surface area contributed by atoms with Crippen molar-refractivity contribution in [2.45, 2.75) is 127 Å². The van der Waals surface area contributed by atoms with Crippen molar-refractivity contribution >= 4 is 0 Å². The lowest BCUT2D eigenvalue weighted by Crippen LogP contribution is -2.59. The van der Waals surface area contributed by atoms with Crippen LogP contribution in [0.15, 0.2) is 12.2 Å². The van der Waals surface area contributed by atoms with Crippen LogP contribution in [0.5, 0.6) is 0 Å². The SMILES string of the molecule is CCCCCCCCCCCCC/C=C/[C@@H](O)C(N)CO[C@@H]1OC(CO)[C@@H](O)[C@H](O)C1O. The van der Waals surface area contributed by atoms with E-state index in [0.717, 1.165) is 12.8 Å². The van der Waals surface area contributed by atoms with E-state index in [2.05, 4.69) is 6.92 Å². The number of allylic oxidation sites excluding steroid dienone is 1. The third kappa shape index (κ3) is 11.5. The summed E-state index contributed by atoms with van der Waals surface area (Å²) in [5, 5.41) is 48.8. The molecule has 0 saturated carbocycles. The normalized spacial score (nSPS) is 28.3. The van der Waals surface area contributed by atoms with Crippen molar-refractivity contribution in [1.82, 2.24) is 0 Å². The van der Waals surface area contributed by atoms with E-state index in [1.807, 2.05) is 6.08 Å². The molecule has 0 bridgehead atoms. The molecule has 7 N–H and O–H groups in total. The molecule has 1 rings (SSSR count). The predicted octanol–water partition coefficient (Wildman–Crippen LogP) is 1.75. The Morgan fingerprint density at radius 2 is 1.44 bits per heavy atom. The smallest absolute Gasteiger partial charge is 0.186 e. The van der Waals surface area contributed by atoms with Crippen LogP contribution in [0, 0.1) is 0 Å². The van der Waals surface area contributed by atoms with Crippen molar-refractivity contribution in [1.29, 1.82) is 0 Å². The molecule has 0 radical (unpaired) electrons. The Bertz CT molecular complexity index is 477. The molecule has 0 aromatic carbocycles. The molecule has 1 saturated heterocycles. The molecule has 190 valence electrons. The molecule has 7 atom stereocenters. The molecule has 0 amide bonds. The molecule has 0 aromatic heterocycles. The quantitative estimate of drug-likeness (QED) is 0.134. The average Bonchev–Trinajstić information content (AvgIpc) is 2.79. The second kappa shape index (κ2) is 17.8. The van der Waals surface area contributed by atoms with Gasteiger partial charge in [0.1, 0.15) is 24.4 Å². The molecule has 8 nitrogen and oxygen atoms in total. The zero-order chi connectivity index (χ0) is 23.8. The summed E-state index contributed by atoms with van der Waals surface area (Å²) in [5.41, 5.74) is 5.93. The Morgan fingerprint density at radius 3 is 2.00 bits per heavy atom. The van der Waals surface area contributed by atoms with Crippen LogP contribution in [0.3, 0.4) is 0 Å². The van der Waals surface area contributed by atoms with Crippen molar-refractivity contribution in [3.63, 3.8) is 0 Å². The van der Waals surface area contributed by atoms with Gasteiger partial charge >= 0.3 is 0 Å². The van der Waals surface area contributed by atoms with E-state index in [1.54, 1.807) is 6.08 Å². The third-order valence-corrected chi connectivity index (χ3v) is 6.05. The molecule has 3 unspecified atom stereocenters. The predicted molar refractivity (Wildman–Crippen MR) is 124 cm³/mol. The zero-order valence-corrected chi connectivity index (χ0v) is 19.7. The van der Waals surface area contributed by atoms with E-state index >= 15 is 0 Å². The van der Waals surface area contributed by atoms with Crippen LogP contribution in [0.4, 0.5) is 0 Å². The van der Waals surface area contributed by atoms with Crippen LogP contribution in [0.1, 0.15) is 84.0 Å². The lowest BCUT2D eigenvalue weighted by molar-refractivity contribution is -0.302. The fourth-order valence-electron chi connectivity index (χ4n) is 3.81. The summed E-state index contributed by atoms with van der Waals surface area (Å²) < 4.78 is 10.6. The van der Waals surface area contributed by atoms with Crippen molar-refractivity contribution in [2.75, 3.05) is 13.2 Å². The second-order valence-electron chi connectivity index (χ2n) is 8.94. The molecule has 0 aliphatic carbocycles. The number of nitrogens with two attached hydrogens (primary N) is 1. The maximum Gasteiger partial charge on any atom is 0.186 e. The Hall–Kier alpha value is -0.580. The van der Waals surface area contributed by atoms with Gasteiger partial charge in [0, 0.05) is 0 Å². The van der Waals surface area contributed by atoms with Crippen LogP contribution in [-0.2, 0) is 9.47 Å². The van der Waals surface area contributed by atoms with Gasteiger partial charge in [-0.25, -0.2) is 0 Å².